The highest BCUT2D eigenvalue weighted by Crippen LogP contribution is 2.34. The van der Waals surface area contributed by atoms with E-state index in [1.807, 2.05) is 24.3 Å². The summed E-state index contributed by atoms with van der Waals surface area (Å²) in [5.41, 5.74) is 2.67. The number of nitrogens with zero attached hydrogens (tertiary/aromatic N) is 2. The van der Waals surface area contributed by atoms with Crippen LogP contribution >= 0.6 is 35.0 Å². The Balaban J connectivity index is 1.48. The second-order valence-electron chi connectivity index (χ2n) is 6.69. The number of amides is 2. The smallest absolute Gasteiger partial charge is 0.293 e. The van der Waals surface area contributed by atoms with Gasteiger partial charge in [-0.25, -0.2) is 0 Å². The van der Waals surface area contributed by atoms with Crippen LogP contribution in [-0.2, 0) is 16.1 Å². The Bertz CT molecular complexity index is 972. The van der Waals surface area contributed by atoms with Gasteiger partial charge < -0.3 is 9.64 Å². The third kappa shape index (κ3) is 4.61. The van der Waals surface area contributed by atoms with Crippen molar-refractivity contribution in [3.63, 3.8) is 0 Å². The average Bonchev–Trinajstić information content (AvgIpc) is 2.98. The third-order valence-electron chi connectivity index (χ3n) is 4.78. The number of thioether (sulfide) groups is 1. The van der Waals surface area contributed by atoms with Gasteiger partial charge in [0.2, 0.25) is 0 Å². The number of anilines is 1. The van der Waals surface area contributed by atoms with E-state index in [4.69, 9.17) is 27.9 Å². The molecule has 5 nitrogen and oxygen atoms in total. The molecule has 0 aromatic heterocycles. The topological polar surface area (TPSA) is 49.9 Å². The lowest BCUT2D eigenvalue weighted by atomic mass is 10.1. The number of hydrogen-bond acceptors (Lipinski definition) is 5. The van der Waals surface area contributed by atoms with Crippen molar-refractivity contribution in [2.24, 2.45) is 0 Å². The fraction of sp³-hybridized carbons (Fsp3) is 0.238. The number of benzene rings is 2. The van der Waals surface area contributed by atoms with Crippen molar-refractivity contribution in [3.05, 3.63) is 68.5 Å². The second kappa shape index (κ2) is 8.79. The molecule has 150 valence electrons. The molecule has 2 aliphatic heterocycles. The first-order valence-corrected chi connectivity index (χ1v) is 10.7. The molecule has 2 fully saturated rings. The summed E-state index contributed by atoms with van der Waals surface area (Å²) >= 11 is 13.0. The molecule has 2 saturated heterocycles. The van der Waals surface area contributed by atoms with Crippen LogP contribution in [0.25, 0.3) is 6.08 Å². The second-order valence-corrected chi connectivity index (χ2v) is 8.53. The maximum atomic E-state index is 12.7. The van der Waals surface area contributed by atoms with Gasteiger partial charge in [0, 0.05) is 28.8 Å². The lowest BCUT2D eigenvalue weighted by Gasteiger charge is -2.28. The van der Waals surface area contributed by atoms with Crippen molar-refractivity contribution in [1.29, 1.82) is 0 Å². The molecule has 0 radical (unpaired) electrons. The Morgan fingerprint density at radius 2 is 1.76 bits per heavy atom. The normalized spacial score (nSPS) is 18.8. The van der Waals surface area contributed by atoms with Crippen molar-refractivity contribution in [2.45, 2.75) is 6.54 Å². The van der Waals surface area contributed by atoms with Crippen molar-refractivity contribution < 1.29 is 14.3 Å². The summed E-state index contributed by atoms with van der Waals surface area (Å²) < 4.78 is 5.38. The van der Waals surface area contributed by atoms with Gasteiger partial charge in [0.1, 0.15) is 0 Å². The minimum atomic E-state index is -0.316. The first-order valence-electron chi connectivity index (χ1n) is 9.13. The molecule has 29 heavy (non-hydrogen) atoms. The molecule has 8 heteroatoms. The first-order chi connectivity index (χ1) is 14.0. The van der Waals surface area contributed by atoms with E-state index in [0.29, 0.717) is 20.5 Å². The van der Waals surface area contributed by atoms with Gasteiger partial charge in [-0.2, -0.15) is 0 Å². The lowest BCUT2D eigenvalue weighted by Crippen LogP contribution is -2.36. The van der Waals surface area contributed by atoms with Gasteiger partial charge in [0.25, 0.3) is 11.1 Å². The third-order valence-corrected chi connectivity index (χ3v) is 6.28. The Kier molecular flexibility index (Phi) is 6.15. The number of morpholine rings is 1. The molecule has 0 unspecified atom stereocenters. The van der Waals surface area contributed by atoms with Crippen LogP contribution in [0.4, 0.5) is 10.5 Å². The van der Waals surface area contributed by atoms with Gasteiger partial charge in [0.05, 0.1) is 24.7 Å². The fourth-order valence-corrected chi connectivity index (χ4v) is 4.52. The molecule has 0 atom stereocenters. The highest BCUT2D eigenvalue weighted by Gasteiger charge is 2.35. The highest BCUT2D eigenvalue weighted by atomic mass is 35.5. The molecule has 2 aromatic rings. The molecule has 0 saturated carbocycles. The molecule has 2 aromatic carbocycles. The summed E-state index contributed by atoms with van der Waals surface area (Å²) in [7, 11) is 0. The van der Waals surface area contributed by atoms with Crippen LogP contribution in [0.5, 0.6) is 0 Å². The van der Waals surface area contributed by atoms with E-state index < -0.39 is 0 Å². The van der Waals surface area contributed by atoms with E-state index in [-0.39, 0.29) is 17.7 Å². The summed E-state index contributed by atoms with van der Waals surface area (Å²) in [6.45, 7) is 3.31. The average molecular weight is 449 g/mol. The molecule has 0 aliphatic carbocycles. The van der Waals surface area contributed by atoms with Crippen molar-refractivity contribution in [1.82, 2.24) is 4.90 Å². The standard InChI is InChI=1S/C21H18Cl2N2O3S/c22-16-4-3-15(18(23)12-16)13-25-20(26)19(29-21(25)27)11-14-1-5-17(6-2-14)24-7-9-28-10-8-24/h1-6,11-12H,7-10,13H2/b19-11-. The monoisotopic (exact) mass is 448 g/mol. The van der Waals surface area contributed by atoms with Gasteiger partial charge in [-0.05, 0) is 53.2 Å². The van der Waals surface area contributed by atoms with Crippen LogP contribution in [0.2, 0.25) is 10.0 Å². The Hall–Kier alpha value is -1.99. The number of rotatable bonds is 4. The fourth-order valence-electron chi connectivity index (χ4n) is 3.21. The lowest BCUT2D eigenvalue weighted by molar-refractivity contribution is -0.123. The van der Waals surface area contributed by atoms with Crippen LogP contribution in [0.15, 0.2) is 47.4 Å². The molecule has 0 spiro atoms. The van der Waals surface area contributed by atoms with Crippen LogP contribution in [0, 0.1) is 0 Å². The van der Waals surface area contributed by atoms with E-state index in [1.165, 1.54) is 4.90 Å². The number of hydrogen-bond donors (Lipinski definition) is 0. The van der Waals surface area contributed by atoms with Gasteiger partial charge in [-0.3, -0.25) is 14.5 Å². The predicted molar refractivity (Wildman–Crippen MR) is 117 cm³/mol. The van der Waals surface area contributed by atoms with Crippen molar-refractivity contribution in [2.75, 3.05) is 31.2 Å². The molecule has 2 heterocycles. The number of imide groups is 1. The Morgan fingerprint density at radius 1 is 1.03 bits per heavy atom. The van der Waals surface area contributed by atoms with Crippen molar-refractivity contribution >= 4 is 57.9 Å². The maximum Gasteiger partial charge on any atom is 0.293 e. The Morgan fingerprint density at radius 3 is 2.45 bits per heavy atom. The molecular weight excluding hydrogens is 431 g/mol. The number of ether oxygens (including phenoxy) is 1. The van der Waals surface area contributed by atoms with E-state index in [9.17, 15) is 9.59 Å². The van der Waals surface area contributed by atoms with Gasteiger partial charge in [-0.15, -0.1) is 0 Å². The van der Waals surface area contributed by atoms with E-state index in [1.54, 1.807) is 24.3 Å². The summed E-state index contributed by atoms with van der Waals surface area (Å²) in [4.78, 5) is 29.0. The molecule has 4 rings (SSSR count). The minimum absolute atomic E-state index is 0.119. The number of halogens is 2. The van der Waals surface area contributed by atoms with E-state index >= 15 is 0 Å². The van der Waals surface area contributed by atoms with Crippen LogP contribution < -0.4 is 4.90 Å². The van der Waals surface area contributed by atoms with Crippen LogP contribution in [-0.4, -0.2) is 42.3 Å². The summed E-state index contributed by atoms with van der Waals surface area (Å²) in [6, 6.07) is 13.0. The quantitative estimate of drug-likeness (QED) is 0.611. The van der Waals surface area contributed by atoms with Gasteiger partial charge >= 0.3 is 0 Å². The maximum absolute atomic E-state index is 12.7. The zero-order valence-electron chi connectivity index (χ0n) is 15.4. The zero-order valence-corrected chi connectivity index (χ0v) is 17.8. The highest BCUT2D eigenvalue weighted by molar-refractivity contribution is 8.18. The molecular formula is C21H18Cl2N2O3S. The van der Waals surface area contributed by atoms with E-state index in [0.717, 1.165) is 49.3 Å². The summed E-state index contributed by atoms with van der Waals surface area (Å²) in [6.07, 6.45) is 1.75. The van der Waals surface area contributed by atoms with Gasteiger partial charge in [-0.1, -0.05) is 41.4 Å². The zero-order chi connectivity index (χ0) is 20.4. The summed E-state index contributed by atoms with van der Waals surface area (Å²) in [5, 5.41) is 0.629. The molecule has 2 aliphatic rings. The number of carbonyl (C=O) groups is 2. The molecule has 2 amide bonds. The van der Waals surface area contributed by atoms with Gasteiger partial charge in [0.15, 0.2) is 0 Å². The first kappa shape index (κ1) is 20.3. The SMILES string of the molecule is O=C1S/C(=C\c2ccc(N3CCOCC3)cc2)C(=O)N1Cc1ccc(Cl)cc1Cl. The Labute approximate surface area is 183 Å². The molecule has 0 N–H and O–H groups in total. The molecule has 0 bridgehead atoms. The van der Waals surface area contributed by atoms with E-state index in [2.05, 4.69) is 4.90 Å². The van der Waals surface area contributed by atoms with Crippen LogP contribution in [0.3, 0.4) is 0 Å². The van der Waals surface area contributed by atoms with Crippen LogP contribution in [0.1, 0.15) is 11.1 Å². The van der Waals surface area contributed by atoms with Crippen molar-refractivity contribution in [3.8, 4) is 0 Å². The minimum Gasteiger partial charge on any atom is -0.378 e. The summed E-state index contributed by atoms with van der Waals surface area (Å²) in [5.74, 6) is -0.316. The predicted octanol–water partition coefficient (Wildman–Crippen LogP) is 5.07. The largest absolute Gasteiger partial charge is 0.378 e. The number of carbonyl (C=O) groups excluding carboxylic acids is 2.